The Morgan fingerprint density at radius 1 is 1.60 bits per heavy atom. The van der Waals surface area contributed by atoms with Crippen LogP contribution in [0.4, 0.5) is 0 Å². The van der Waals surface area contributed by atoms with E-state index in [1.54, 1.807) is 25.1 Å². The Morgan fingerprint density at radius 3 is 2.87 bits per heavy atom. The molecule has 0 aliphatic carbocycles. The quantitative estimate of drug-likeness (QED) is 0.827. The minimum atomic E-state index is -0.548. The largest absolute Gasteiger partial charge is 0.392 e. The first-order valence-corrected chi connectivity index (χ1v) is 5.11. The third-order valence-corrected chi connectivity index (χ3v) is 2.24. The van der Waals surface area contributed by atoms with Crippen LogP contribution in [0.25, 0.3) is 0 Å². The second-order valence-corrected chi connectivity index (χ2v) is 3.95. The average Bonchev–Trinajstić information content (AvgIpc) is 2.18. The van der Waals surface area contributed by atoms with Crippen LogP contribution >= 0.6 is 11.6 Å². The molecule has 0 radical (unpaired) electrons. The molecule has 3 nitrogen and oxygen atoms in total. The molecule has 0 saturated heterocycles. The van der Waals surface area contributed by atoms with Crippen molar-refractivity contribution in [3.8, 4) is 0 Å². The Kier molecular flexibility index (Phi) is 4.12. The van der Waals surface area contributed by atoms with Gasteiger partial charge in [-0.25, -0.2) is 0 Å². The number of hydrogen-bond donors (Lipinski definition) is 2. The molecule has 0 fully saturated rings. The highest BCUT2D eigenvalue weighted by Gasteiger charge is 2.09. The molecule has 0 aliphatic rings. The monoisotopic (exact) mass is 227 g/mol. The molecule has 1 aromatic rings. The molecular formula is C11H14ClNO2. The predicted octanol–water partition coefficient (Wildman–Crippen LogP) is 1.76. The molecule has 0 aromatic heterocycles. The van der Waals surface area contributed by atoms with Crippen molar-refractivity contribution in [1.29, 1.82) is 0 Å². The van der Waals surface area contributed by atoms with Gasteiger partial charge in [-0.1, -0.05) is 17.7 Å². The second-order valence-electron chi connectivity index (χ2n) is 3.52. The van der Waals surface area contributed by atoms with Crippen LogP contribution in [-0.4, -0.2) is 23.7 Å². The first-order chi connectivity index (χ1) is 7.00. The maximum absolute atomic E-state index is 11.6. The van der Waals surface area contributed by atoms with Gasteiger partial charge in [0, 0.05) is 17.1 Å². The van der Waals surface area contributed by atoms with E-state index in [1.807, 2.05) is 6.92 Å². The van der Waals surface area contributed by atoms with Crippen LogP contribution in [0, 0.1) is 6.92 Å². The van der Waals surface area contributed by atoms with Gasteiger partial charge in [-0.05, 0) is 31.5 Å². The molecule has 0 heterocycles. The van der Waals surface area contributed by atoms with Gasteiger partial charge in [0.2, 0.25) is 0 Å². The number of aryl methyl sites for hydroxylation is 1. The number of nitrogens with one attached hydrogen (secondary N) is 1. The van der Waals surface area contributed by atoms with Crippen LogP contribution in [0.3, 0.4) is 0 Å². The van der Waals surface area contributed by atoms with E-state index >= 15 is 0 Å². The summed E-state index contributed by atoms with van der Waals surface area (Å²) in [6.07, 6.45) is -0.548. The second kappa shape index (κ2) is 5.14. The molecule has 1 amide bonds. The lowest BCUT2D eigenvalue weighted by atomic mass is 10.1. The zero-order valence-corrected chi connectivity index (χ0v) is 9.51. The predicted molar refractivity (Wildman–Crippen MR) is 60.2 cm³/mol. The average molecular weight is 228 g/mol. The minimum Gasteiger partial charge on any atom is -0.392 e. The number of carbonyl (C=O) groups is 1. The van der Waals surface area contributed by atoms with Gasteiger partial charge in [0.1, 0.15) is 0 Å². The maximum Gasteiger partial charge on any atom is 0.251 e. The highest BCUT2D eigenvalue weighted by molar-refractivity contribution is 6.31. The van der Waals surface area contributed by atoms with Crippen molar-refractivity contribution >= 4 is 17.5 Å². The van der Waals surface area contributed by atoms with Crippen LogP contribution in [0.15, 0.2) is 18.2 Å². The first kappa shape index (κ1) is 12.0. The third-order valence-electron chi connectivity index (χ3n) is 2.00. The highest BCUT2D eigenvalue weighted by Crippen LogP contribution is 2.15. The Bertz CT molecular complexity index is 364. The van der Waals surface area contributed by atoms with E-state index in [2.05, 4.69) is 5.32 Å². The van der Waals surface area contributed by atoms with Gasteiger partial charge >= 0.3 is 0 Å². The molecule has 4 heteroatoms. The summed E-state index contributed by atoms with van der Waals surface area (Å²) in [6.45, 7) is 3.70. The van der Waals surface area contributed by atoms with Gasteiger partial charge in [0.05, 0.1) is 6.10 Å². The van der Waals surface area contributed by atoms with Gasteiger partial charge in [-0.2, -0.15) is 0 Å². The minimum absolute atomic E-state index is 0.212. The number of rotatable bonds is 3. The van der Waals surface area contributed by atoms with Crippen molar-refractivity contribution in [2.24, 2.45) is 0 Å². The summed E-state index contributed by atoms with van der Waals surface area (Å²) in [5, 5.41) is 12.2. The summed E-state index contributed by atoms with van der Waals surface area (Å²) >= 11 is 5.79. The van der Waals surface area contributed by atoms with E-state index in [0.717, 1.165) is 5.56 Å². The number of carbonyl (C=O) groups excluding carboxylic acids is 1. The van der Waals surface area contributed by atoms with Crippen molar-refractivity contribution in [1.82, 2.24) is 5.32 Å². The fourth-order valence-corrected chi connectivity index (χ4v) is 1.35. The number of aliphatic hydroxyl groups is 1. The van der Waals surface area contributed by atoms with Crippen molar-refractivity contribution < 1.29 is 9.90 Å². The van der Waals surface area contributed by atoms with Gasteiger partial charge in [-0.3, -0.25) is 4.79 Å². The van der Waals surface area contributed by atoms with Gasteiger partial charge in [-0.15, -0.1) is 0 Å². The molecule has 1 aromatic carbocycles. The molecule has 2 N–H and O–H groups in total. The summed E-state index contributed by atoms with van der Waals surface area (Å²) < 4.78 is 0. The van der Waals surface area contributed by atoms with E-state index in [9.17, 15) is 4.79 Å². The SMILES string of the molecule is Cc1ccc(Cl)cc1C(=O)NC[C@@H](C)O. The maximum atomic E-state index is 11.6. The molecule has 1 atom stereocenters. The molecule has 0 unspecified atom stereocenters. The van der Waals surface area contributed by atoms with E-state index in [4.69, 9.17) is 16.7 Å². The van der Waals surface area contributed by atoms with E-state index in [1.165, 1.54) is 0 Å². The number of amides is 1. The Balaban J connectivity index is 2.77. The molecular weight excluding hydrogens is 214 g/mol. The summed E-state index contributed by atoms with van der Waals surface area (Å²) in [4.78, 5) is 11.6. The van der Waals surface area contributed by atoms with Crippen molar-refractivity contribution in [2.75, 3.05) is 6.54 Å². The summed E-state index contributed by atoms with van der Waals surface area (Å²) in [6, 6.07) is 5.15. The lowest BCUT2D eigenvalue weighted by molar-refractivity contribution is 0.0923. The fourth-order valence-electron chi connectivity index (χ4n) is 1.17. The highest BCUT2D eigenvalue weighted by atomic mass is 35.5. The van der Waals surface area contributed by atoms with Gasteiger partial charge in [0.15, 0.2) is 0 Å². The zero-order chi connectivity index (χ0) is 11.4. The van der Waals surface area contributed by atoms with Gasteiger partial charge < -0.3 is 10.4 Å². The molecule has 0 spiro atoms. The van der Waals surface area contributed by atoms with E-state index in [-0.39, 0.29) is 12.5 Å². The van der Waals surface area contributed by atoms with Crippen LogP contribution in [0.1, 0.15) is 22.8 Å². The third kappa shape index (κ3) is 3.53. The first-order valence-electron chi connectivity index (χ1n) is 4.73. The number of halogens is 1. The van der Waals surface area contributed by atoms with Crippen molar-refractivity contribution in [3.05, 3.63) is 34.3 Å². The molecule has 82 valence electrons. The Hall–Kier alpha value is -1.06. The van der Waals surface area contributed by atoms with Crippen molar-refractivity contribution in [2.45, 2.75) is 20.0 Å². The van der Waals surface area contributed by atoms with Crippen molar-refractivity contribution in [3.63, 3.8) is 0 Å². The molecule has 15 heavy (non-hydrogen) atoms. The normalized spacial score (nSPS) is 12.3. The summed E-state index contributed by atoms with van der Waals surface area (Å²) in [7, 11) is 0. The molecule has 0 aliphatic heterocycles. The topological polar surface area (TPSA) is 49.3 Å². The smallest absolute Gasteiger partial charge is 0.251 e. The fraction of sp³-hybridized carbons (Fsp3) is 0.364. The lowest BCUT2D eigenvalue weighted by Gasteiger charge is -2.09. The number of aliphatic hydroxyl groups excluding tert-OH is 1. The van der Waals surface area contributed by atoms with Crippen LogP contribution in [0.2, 0.25) is 5.02 Å². The molecule has 0 saturated carbocycles. The number of benzene rings is 1. The molecule has 0 bridgehead atoms. The van der Waals surface area contributed by atoms with Crippen LogP contribution in [0.5, 0.6) is 0 Å². The molecule has 1 rings (SSSR count). The summed E-state index contributed by atoms with van der Waals surface area (Å²) in [5.74, 6) is -0.212. The van der Waals surface area contributed by atoms with E-state index in [0.29, 0.717) is 10.6 Å². The van der Waals surface area contributed by atoms with Crippen LogP contribution < -0.4 is 5.32 Å². The van der Waals surface area contributed by atoms with Crippen LogP contribution in [-0.2, 0) is 0 Å². The zero-order valence-electron chi connectivity index (χ0n) is 8.75. The Labute approximate surface area is 94.1 Å². The Morgan fingerprint density at radius 2 is 2.27 bits per heavy atom. The summed E-state index contributed by atoms with van der Waals surface area (Å²) in [5.41, 5.74) is 1.41. The number of hydrogen-bond acceptors (Lipinski definition) is 2. The van der Waals surface area contributed by atoms with E-state index < -0.39 is 6.10 Å². The lowest BCUT2D eigenvalue weighted by Crippen LogP contribution is -2.30. The van der Waals surface area contributed by atoms with Gasteiger partial charge in [0.25, 0.3) is 5.91 Å². The standard InChI is InChI=1S/C11H14ClNO2/c1-7-3-4-9(12)5-10(7)11(15)13-6-8(2)14/h3-5,8,14H,6H2,1-2H3,(H,13,15)/t8-/m1/s1.